The van der Waals surface area contributed by atoms with E-state index in [0.29, 0.717) is 17.5 Å². The summed E-state index contributed by atoms with van der Waals surface area (Å²) in [5, 5.41) is 10.0. The number of nitrogens with one attached hydrogen (secondary N) is 1. The number of carboxylic acid groups (broad SMARTS) is 1. The first-order chi connectivity index (χ1) is 13.6. The molecule has 1 aromatic rings. The molecule has 2 aliphatic carbocycles. The number of nitrogens with zero attached hydrogens (tertiary/aromatic N) is 1. The maximum atomic E-state index is 13.2. The van der Waals surface area contributed by atoms with Crippen LogP contribution in [0, 0.1) is 29.5 Å². The monoisotopic (exact) mass is 416 g/mol. The highest BCUT2D eigenvalue weighted by molar-refractivity contribution is 5.93. The van der Waals surface area contributed by atoms with Gasteiger partial charge in [-0.15, -0.1) is 0 Å². The SMILES string of the molecule is O=C(Nc1cccc(F)c1)C1C2CCC1CN(CC1CC1)C2.O=C(O)C(F)(F)F. The molecule has 0 radical (unpaired) electrons. The van der Waals surface area contributed by atoms with E-state index in [0.717, 1.165) is 31.8 Å². The normalized spacial score (nSPS) is 26.4. The van der Waals surface area contributed by atoms with Gasteiger partial charge in [0.25, 0.3) is 0 Å². The van der Waals surface area contributed by atoms with Crippen LogP contribution in [0.2, 0.25) is 0 Å². The van der Waals surface area contributed by atoms with Crippen molar-refractivity contribution in [2.75, 3.05) is 25.0 Å². The van der Waals surface area contributed by atoms with Crippen molar-refractivity contribution in [1.29, 1.82) is 0 Å². The fourth-order valence-electron chi connectivity index (χ4n) is 4.35. The van der Waals surface area contributed by atoms with Gasteiger partial charge in [0.1, 0.15) is 5.82 Å². The predicted octanol–water partition coefficient (Wildman–Crippen LogP) is 3.77. The van der Waals surface area contributed by atoms with Crippen molar-refractivity contribution < 1.29 is 32.3 Å². The Morgan fingerprint density at radius 3 is 2.17 bits per heavy atom. The van der Waals surface area contributed by atoms with E-state index in [9.17, 15) is 22.4 Å². The molecule has 4 rings (SSSR count). The van der Waals surface area contributed by atoms with Crippen LogP contribution in [0.25, 0.3) is 0 Å². The molecular formula is C20H24F4N2O3. The Bertz CT molecular complexity index is 737. The largest absolute Gasteiger partial charge is 0.490 e. The standard InChI is InChI=1S/C18H23FN2O.C2HF3O2/c19-15-2-1-3-16(8-15)20-18(22)17-13-6-7-14(17)11-21(10-13)9-12-4-5-12;3-2(4,5)1(6)7/h1-3,8,12-14,17H,4-7,9-11H2,(H,20,22);(H,6,7). The Kier molecular flexibility index (Phi) is 6.45. The summed E-state index contributed by atoms with van der Waals surface area (Å²) in [4.78, 5) is 24.1. The molecule has 2 unspecified atom stereocenters. The number of anilines is 1. The summed E-state index contributed by atoms with van der Waals surface area (Å²) in [7, 11) is 0. The van der Waals surface area contributed by atoms with Gasteiger partial charge >= 0.3 is 12.1 Å². The Labute approximate surface area is 166 Å². The van der Waals surface area contributed by atoms with Gasteiger partial charge in [0.2, 0.25) is 5.91 Å². The van der Waals surface area contributed by atoms with Crippen molar-refractivity contribution in [3.63, 3.8) is 0 Å². The molecule has 5 nitrogen and oxygen atoms in total. The number of hydrogen-bond acceptors (Lipinski definition) is 3. The molecule has 160 valence electrons. The highest BCUT2D eigenvalue weighted by Crippen LogP contribution is 2.43. The lowest BCUT2D eigenvalue weighted by molar-refractivity contribution is -0.192. The molecule has 1 heterocycles. The van der Waals surface area contributed by atoms with Crippen LogP contribution in [0.5, 0.6) is 0 Å². The molecule has 1 aliphatic heterocycles. The number of carbonyl (C=O) groups is 2. The molecule has 2 saturated carbocycles. The van der Waals surface area contributed by atoms with Crippen LogP contribution in [-0.4, -0.2) is 47.7 Å². The summed E-state index contributed by atoms with van der Waals surface area (Å²) in [5.74, 6) is -0.996. The van der Waals surface area contributed by atoms with Crippen molar-refractivity contribution >= 4 is 17.6 Å². The number of piperidine rings is 1. The van der Waals surface area contributed by atoms with Gasteiger partial charge in [0, 0.05) is 31.2 Å². The van der Waals surface area contributed by atoms with Crippen LogP contribution in [0.15, 0.2) is 24.3 Å². The number of benzene rings is 1. The molecule has 29 heavy (non-hydrogen) atoms. The first kappa shape index (κ1) is 21.5. The Morgan fingerprint density at radius 1 is 1.10 bits per heavy atom. The Hall–Kier alpha value is -2.16. The van der Waals surface area contributed by atoms with E-state index in [2.05, 4.69) is 10.2 Å². The second-order valence-electron chi connectivity index (χ2n) is 8.09. The van der Waals surface area contributed by atoms with E-state index in [1.807, 2.05) is 0 Å². The van der Waals surface area contributed by atoms with Gasteiger partial charge in [-0.1, -0.05) is 6.07 Å². The number of fused-ring (bicyclic) bond motifs is 2. The number of aliphatic carboxylic acids is 1. The Morgan fingerprint density at radius 2 is 1.69 bits per heavy atom. The minimum absolute atomic E-state index is 0.0872. The predicted molar refractivity (Wildman–Crippen MR) is 97.6 cm³/mol. The van der Waals surface area contributed by atoms with E-state index in [1.54, 1.807) is 12.1 Å². The third-order valence-corrected chi connectivity index (χ3v) is 5.76. The molecule has 2 atom stereocenters. The molecule has 2 bridgehead atoms. The van der Waals surface area contributed by atoms with Crippen molar-refractivity contribution in [2.45, 2.75) is 31.9 Å². The Balaban J connectivity index is 0.000000298. The average Bonchev–Trinajstić information content (AvgIpc) is 3.38. The number of rotatable bonds is 4. The summed E-state index contributed by atoms with van der Waals surface area (Å²) in [6.07, 6.45) is 0.00474. The zero-order valence-electron chi connectivity index (χ0n) is 15.8. The molecule has 1 saturated heterocycles. The molecule has 0 spiro atoms. The summed E-state index contributed by atoms with van der Waals surface area (Å²) < 4.78 is 45.0. The van der Waals surface area contributed by atoms with Gasteiger partial charge in [-0.2, -0.15) is 13.2 Å². The van der Waals surface area contributed by atoms with E-state index in [1.165, 1.54) is 31.5 Å². The highest BCUT2D eigenvalue weighted by Gasteiger charge is 2.46. The summed E-state index contributed by atoms with van der Waals surface area (Å²) >= 11 is 0. The summed E-state index contributed by atoms with van der Waals surface area (Å²) in [6.45, 7) is 3.35. The van der Waals surface area contributed by atoms with Gasteiger partial charge in [-0.25, -0.2) is 9.18 Å². The van der Waals surface area contributed by atoms with Crippen LogP contribution < -0.4 is 5.32 Å². The maximum Gasteiger partial charge on any atom is 0.490 e. The third kappa shape index (κ3) is 5.91. The second kappa shape index (κ2) is 8.69. The van der Waals surface area contributed by atoms with Crippen molar-refractivity contribution in [1.82, 2.24) is 4.90 Å². The summed E-state index contributed by atoms with van der Waals surface area (Å²) in [5.41, 5.74) is 0.574. The topological polar surface area (TPSA) is 69.6 Å². The number of amides is 1. The van der Waals surface area contributed by atoms with Gasteiger partial charge in [0.15, 0.2) is 0 Å². The van der Waals surface area contributed by atoms with Crippen molar-refractivity contribution in [3.05, 3.63) is 30.1 Å². The molecule has 2 N–H and O–H groups in total. The van der Waals surface area contributed by atoms with Gasteiger partial charge in [0.05, 0.1) is 0 Å². The van der Waals surface area contributed by atoms with E-state index < -0.39 is 12.1 Å². The minimum atomic E-state index is -5.08. The van der Waals surface area contributed by atoms with Crippen LogP contribution in [0.4, 0.5) is 23.2 Å². The fraction of sp³-hybridized carbons (Fsp3) is 0.600. The zero-order valence-corrected chi connectivity index (χ0v) is 15.8. The lowest BCUT2D eigenvalue weighted by atomic mass is 9.84. The van der Waals surface area contributed by atoms with Crippen molar-refractivity contribution in [2.24, 2.45) is 23.7 Å². The smallest absolute Gasteiger partial charge is 0.475 e. The summed E-state index contributed by atoms with van der Waals surface area (Å²) in [6, 6.07) is 6.18. The van der Waals surface area contributed by atoms with Crippen LogP contribution in [0.1, 0.15) is 25.7 Å². The highest BCUT2D eigenvalue weighted by atomic mass is 19.4. The lowest BCUT2D eigenvalue weighted by Gasteiger charge is -2.37. The van der Waals surface area contributed by atoms with E-state index in [-0.39, 0.29) is 17.6 Å². The van der Waals surface area contributed by atoms with E-state index >= 15 is 0 Å². The van der Waals surface area contributed by atoms with Gasteiger partial charge < -0.3 is 15.3 Å². The first-order valence-corrected chi connectivity index (χ1v) is 9.72. The number of likely N-dealkylation sites (tertiary alicyclic amines) is 1. The van der Waals surface area contributed by atoms with Gasteiger partial charge in [-0.05, 0) is 61.6 Å². The average molecular weight is 416 g/mol. The number of halogens is 4. The quantitative estimate of drug-likeness (QED) is 0.734. The number of alkyl halides is 3. The fourth-order valence-corrected chi connectivity index (χ4v) is 4.35. The molecule has 1 aromatic carbocycles. The maximum absolute atomic E-state index is 13.2. The molecule has 3 aliphatic rings. The van der Waals surface area contributed by atoms with Crippen LogP contribution in [0.3, 0.4) is 0 Å². The minimum Gasteiger partial charge on any atom is -0.475 e. The third-order valence-electron chi connectivity index (χ3n) is 5.76. The van der Waals surface area contributed by atoms with Crippen LogP contribution in [-0.2, 0) is 9.59 Å². The second-order valence-corrected chi connectivity index (χ2v) is 8.09. The molecule has 1 amide bonds. The first-order valence-electron chi connectivity index (χ1n) is 9.72. The van der Waals surface area contributed by atoms with Crippen LogP contribution >= 0.6 is 0 Å². The molecular weight excluding hydrogens is 392 g/mol. The van der Waals surface area contributed by atoms with Crippen molar-refractivity contribution in [3.8, 4) is 0 Å². The zero-order chi connectivity index (χ0) is 21.2. The molecule has 0 aromatic heterocycles. The molecule has 9 heteroatoms. The number of hydrogen-bond donors (Lipinski definition) is 2. The number of carbonyl (C=O) groups excluding carboxylic acids is 1. The van der Waals surface area contributed by atoms with E-state index in [4.69, 9.17) is 9.90 Å². The van der Waals surface area contributed by atoms with Gasteiger partial charge in [-0.3, -0.25) is 4.79 Å². The molecule has 3 fully saturated rings. The number of carboxylic acids is 1. The lowest BCUT2D eigenvalue weighted by Crippen LogP contribution is -2.46.